The average Bonchev–Trinajstić information content (AvgIpc) is 3.30. The molecule has 1 aromatic heterocycles. The van der Waals surface area contributed by atoms with E-state index in [2.05, 4.69) is 33.5 Å². The van der Waals surface area contributed by atoms with Gasteiger partial charge in [0.25, 0.3) is 0 Å². The Balaban J connectivity index is 1.32. The van der Waals surface area contributed by atoms with E-state index in [1.807, 2.05) is 17.9 Å². The van der Waals surface area contributed by atoms with Gasteiger partial charge in [-0.1, -0.05) is 6.92 Å². The lowest BCUT2D eigenvalue weighted by molar-refractivity contribution is -0.134. The van der Waals surface area contributed by atoms with Gasteiger partial charge in [-0.15, -0.1) is 11.3 Å². The van der Waals surface area contributed by atoms with Gasteiger partial charge in [-0.05, 0) is 55.1 Å². The lowest BCUT2D eigenvalue weighted by Gasteiger charge is -2.37. The molecule has 4 rings (SSSR count). The van der Waals surface area contributed by atoms with Crippen LogP contribution in [-0.4, -0.2) is 60.9 Å². The molecule has 0 saturated carbocycles. The number of carbonyl (C=O) groups is 2. The Morgan fingerprint density at radius 3 is 2.67 bits per heavy atom. The van der Waals surface area contributed by atoms with Crippen LogP contribution in [0, 0.1) is 5.82 Å². The molecule has 2 aliphatic rings. The Morgan fingerprint density at radius 2 is 1.91 bits per heavy atom. The summed E-state index contributed by atoms with van der Waals surface area (Å²) < 4.78 is 14.1. The minimum atomic E-state index is -0.342. The highest BCUT2D eigenvalue weighted by molar-refractivity contribution is 7.10. The van der Waals surface area contributed by atoms with E-state index in [0.29, 0.717) is 13.1 Å². The highest BCUT2D eigenvalue weighted by atomic mass is 32.1. The minimum absolute atomic E-state index is 0.00916. The molecule has 0 spiro atoms. The molecule has 6 nitrogen and oxygen atoms in total. The molecule has 1 unspecified atom stereocenters. The number of piperazine rings is 1. The van der Waals surface area contributed by atoms with E-state index in [0.717, 1.165) is 50.4 Å². The SMILES string of the molecule is CCN1CCN(c2ccc(F)cc2C(C)NC(=O)CCC(=O)N2CCc3sccc3C2)CC1. The van der Waals surface area contributed by atoms with Crippen LogP contribution >= 0.6 is 11.3 Å². The number of halogens is 1. The molecule has 2 amide bonds. The smallest absolute Gasteiger partial charge is 0.223 e. The fourth-order valence-electron chi connectivity index (χ4n) is 4.70. The second-order valence-electron chi connectivity index (χ2n) is 8.85. The van der Waals surface area contributed by atoms with Gasteiger partial charge in [0, 0.05) is 68.2 Å². The van der Waals surface area contributed by atoms with Gasteiger partial charge in [0.05, 0.1) is 6.04 Å². The first-order valence-electron chi connectivity index (χ1n) is 11.8. The highest BCUT2D eigenvalue weighted by Crippen LogP contribution is 2.29. The third-order valence-electron chi connectivity index (χ3n) is 6.72. The van der Waals surface area contributed by atoms with E-state index in [-0.39, 0.29) is 36.5 Å². The molecular weight excluding hydrogens is 439 g/mol. The van der Waals surface area contributed by atoms with Crippen LogP contribution in [0.3, 0.4) is 0 Å². The predicted molar refractivity (Wildman–Crippen MR) is 130 cm³/mol. The molecule has 0 bridgehead atoms. The number of rotatable bonds is 7. The molecule has 3 heterocycles. The van der Waals surface area contributed by atoms with Gasteiger partial charge in [-0.3, -0.25) is 9.59 Å². The van der Waals surface area contributed by atoms with Crippen LogP contribution in [0.5, 0.6) is 0 Å². The molecule has 1 aromatic carbocycles. The number of anilines is 1. The number of hydrogen-bond acceptors (Lipinski definition) is 5. The molecule has 2 aromatic rings. The third-order valence-corrected chi connectivity index (χ3v) is 7.74. The van der Waals surface area contributed by atoms with E-state index >= 15 is 0 Å². The molecule has 1 N–H and O–H groups in total. The fourth-order valence-corrected chi connectivity index (χ4v) is 5.59. The fraction of sp³-hybridized carbons (Fsp3) is 0.520. The minimum Gasteiger partial charge on any atom is -0.369 e. The quantitative estimate of drug-likeness (QED) is 0.670. The molecule has 0 radical (unpaired) electrons. The molecule has 33 heavy (non-hydrogen) atoms. The standard InChI is InChI=1S/C25H33FN4O2S/c1-3-28-11-13-29(14-12-28)22-5-4-20(26)16-21(22)18(2)27-24(31)6-7-25(32)30-10-8-23-19(17-30)9-15-33-23/h4-5,9,15-16,18H,3,6-8,10-14,17H2,1-2H3,(H,27,31). The van der Waals surface area contributed by atoms with Crippen LogP contribution in [0.25, 0.3) is 0 Å². The Bertz CT molecular complexity index is 987. The Hall–Kier alpha value is -2.45. The molecule has 1 atom stereocenters. The van der Waals surface area contributed by atoms with Crippen molar-refractivity contribution in [1.82, 2.24) is 15.1 Å². The summed E-state index contributed by atoms with van der Waals surface area (Å²) in [5.41, 5.74) is 2.97. The van der Waals surface area contributed by atoms with E-state index in [9.17, 15) is 14.0 Å². The summed E-state index contributed by atoms with van der Waals surface area (Å²) >= 11 is 1.74. The zero-order chi connectivity index (χ0) is 23.4. The van der Waals surface area contributed by atoms with Crippen LogP contribution in [0.4, 0.5) is 10.1 Å². The first kappa shape index (κ1) is 23.7. The summed E-state index contributed by atoms with van der Waals surface area (Å²) in [5.74, 6) is -0.486. The maximum absolute atomic E-state index is 14.1. The topological polar surface area (TPSA) is 55.9 Å². The summed E-state index contributed by atoms with van der Waals surface area (Å²) in [6, 6.07) is 6.55. The van der Waals surface area contributed by atoms with Gasteiger partial charge in [-0.25, -0.2) is 4.39 Å². The van der Waals surface area contributed by atoms with Crippen molar-refractivity contribution in [3.05, 3.63) is 51.5 Å². The number of amides is 2. The number of nitrogens with zero attached hydrogens (tertiary/aromatic N) is 3. The monoisotopic (exact) mass is 472 g/mol. The third kappa shape index (κ3) is 5.73. The van der Waals surface area contributed by atoms with Crippen LogP contribution in [0.2, 0.25) is 0 Å². The summed E-state index contributed by atoms with van der Waals surface area (Å²) in [7, 11) is 0. The normalized spacial score (nSPS) is 17.5. The summed E-state index contributed by atoms with van der Waals surface area (Å²) in [6.07, 6.45) is 1.21. The van der Waals surface area contributed by atoms with Crippen LogP contribution in [0.15, 0.2) is 29.6 Å². The number of benzene rings is 1. The first-order valence-corrected chi connectivity index (χ1v) is 12.7. The number of likely N-dealkylation sites (N-methyl/N-ethyl adjacent to an activating group) is 1. The van der Waals surface area contributed by atoms with Crippen LogP contribution < -0.4 is 10.2 Å². The van der Waals surface area contributed by atoms with Crippen molar-refractivity contribution in [3.8, 4) is 0 Å². The van der Waals surface area contributed by atoms with Crippen LogP contribution in [-0.2, 0) is 22.6 Å². The summed E-state index contributed by atoms with van der Waals surface area (Å²) in [6.45, 7) is 10.1. The predicted octanol–water partition coefficient (Wildman–Crippen LogP) is 3.57. The molecule has 1 fully saturated rings. The summed E-state index contributed by atoms with van der Waals surface area (Å²) in [4.78, 5) is 33.1. The largest absolute Gasteiger partial charge is 0.369 e. The van der Waals surface area contributed by atoms with Gasteiger partial charge < -0.3 is 20.0 Å². The number of carbonyl (C=O) groups excluding carboxylic acids is 2. The van der Waals surface area contributed by atoms with Crippen molar-refractivity contribution < 1.29 is 14.0 Å². The Morgan fingerprint density at radius 1 is 1.12 bits per heavy atom. The van der Waals surface area contributed by atoms with Gasteiger partial charge >= 0.3 is 0 Å². The van der Waals surface area contributed by atoms with Gasteiger partial charge in [0.2, 0.25) is 11.8 Å². The second kappa shape index (κ2) is 10.7. The van der Waals surface area contributed by atoms with Gasteiger partial charge in [0.1, 0.15) is 5.82 Å². The van der Waals surface area contributed by atoms with Crippen molar-refractivity contribution in [2.75, 3.05) is 44.2 Å². The molecule has 0 aliphatic carbocycles. The molecule has 178 valence electrons. The maximum Gasteiger partial charge on any atom is 0.223 e. The zero-order valence-electron chi connectivity index (χ0n) is 19.5. The van der Waals surface area contributed by atoms with Crippen LogP contribution in [0.1, 0.15) is 48.7 Å². The van der Waals surface area contributed by atoms with Crippen molar-refractivity contribution in [1.29, 1.82) is 0 Å². The number of fused-ring (bicyclic) bond motifs is 1. The van der Waals surface area contributed by atoms with Gasteiger partial charge in [0.15, 0.2) is 0 Å². The Labute approximate surface area is 199 Å². The number of nitrogens with one attached hydrogen (secondary N) is 1. The van der Waals surface area contributed by atoms with E-state index < -0.39 is 0 Å². The van der Waals surface area contributed by atoms with Gasteiger partial charge in [-0.2, -0.15) is 0 Å². The van der Waals surface area contributed by atoms with Crippen molar-refractivity contribution >= 4 is 28.8 Å². The Kier molecular flexibility index (Phi) is 7.65. The second-order valence-corrected chi connectivity index (χ2v) is 9.85. The number of hydrogen-bond donors (Lipinski definition) is 1. The molecular formula is C25H33FN4O2S. The van der Waals surface area contributed by atoms with E-state index in [1.165, 1.54) is 22.6 Å². The summed E-state index contributed by atoms with van der Waals surface area (Å²) in [5, 5.41) is 5.05. The maximum atomic E-state index is 14.1. The molecule has 8 heteroatoms. The zero-order valence-corrected chi connectivity index (χ0v) is 20.3. The molecule has 2 aliphatic heterocycles. The lowest BCUT2D eigenvalue weighted by Crippen LogP contribution is -2.46. The molecule has 1 saturated heterocycles. The van der Waals surface area contributed by atoms with Crippen molar-refractivity contribution in [3.63, 3.8) is 0 Å². The highest BCUT2D eigenvalue weighted by Gasteiger charge is 2.24. The van der Waals surface area contributed by atoms with Crippen molar-refractivity contribution in [2.24, 2.45) is 0 Å². The van der Waals surface area contributed by atoms with E-state index in [1.54, 1.807) is 11.3 Å². The average molecular weight is 473 g/mol. The first-order chi connectivity index (χ1) is 15.9. The number of thiophene rings is 1. The van der Waals surface area contributed by atoms with E-state index in [4.69, 9.17) is 0 Å². The lowest BCUT2D eigenvalue weighted by atomic mass is 10.0. The van der Waals surface area contributed by atoms with Crippen molar-refractivity contribution in [2.45, 2.75) is 45.7 Å².